The van der Waals surface area contributed by atoms with Crippen LogP contribution >= 0.6 is 0 Å². The summed E-state index contributed by atoms with van der Waals surface area (Å²) in [5.74, 6) is 0.559. The van der Waals surface area contributed by atoms with Gasteiger partial charge in [-0.2, -0.15) is 0 Å². The average Bonchev–Trinajstić information content (AvgIpc) is 2.56. The number of hydrogen-bond acceptors (Lipinski definition) is 2. The van der Waals surface area contributed by atoms with Gasteiger partial charge in [0.25, 0.3) is 0 Å². The Morgan fingerprint density at radius 2 is 2.05 bits per heavy atom. The van der Waals surface area contributed by atoms with Gasteiger partial charge in [0.2, 0.25) is 0 Å². The Kier molecular flexibility index (Phi) is 4.66. The number of aryl methyl sites for hydroxylation is 2. The van der Waals surface area contributed by atoms with E-state index in [0.717, 1.165) is 6.42 Å². The van der Waals surface area contributed by atoms with Crippen molar-refractivity contribution in [3.05, 3.63) is 65.5 Å². The molecule has 2 unspecified atom stereocenters. The van der Waals surface area contributed by atoms with Crippen molar-refractivity contribution >= 4 is 0 Å². The van der Waals surface area contributed by atoms with Gasteiger partial charge in [-0.25, -0.2) is 0 Å². The molecule has 0 amide bonds. The minimum Gasteiger partial charge on any atom is -0.316 e. The molecule has 110 valence electrons. The summed E-state index contributed by atoms with van der Waals surface area (Å²) in [7, 11) is 2.09. The lowest BCUT2D eigenvalue weighted by atomic mass is 9.80. The quantitative estimate of drug-likeness (QED) is 0.903. The van der Waals surface area contributed by atoms with Crippen molar-refractivity contribution < 1.29 is 0 Å². The van der Waals surface area contributed by atoms with Gasteiger partial charge in [-0.1, -0.05) is 36.4 Å². The van der Waals surface area contributed by atoms with Gasteiger partial charge in [-0.05, 0) is 56.3 Å². The number of aromatic nitrogens is 1. The number of fused-ring (bicyclic) bond motifs is 1. The molecule has 1 N–H and O–H groups in total. The number of nitrogens with zero attached hydrogens (tertiary/aromatic N) is 1. The van der Waals surface area contributed by atoms with Crippen molar-refractivity contribution in [2.24, 2.45) is 0 Å². The largest absolute Gasteiger partial charge is 0.316 e. The van der Waals surface area contributed by atoms with E-state index in [9.17, 15) is 0 Å². The predicted molar refractivity (Wildman–Crippen MR) is 87.5 cm³/mol. The Hall–Kier alpha value is -1.67. The normalized spacial score (nSPS) is 19.0. The second-order valence-corrected chi connectivity index (χ2v) is 5.97. The first-order valence-corrected chi connectivity index (χ1v) is 8.03. The van der Waals surface area contributed by atoms with Crippen molar-refractivity contribution in [1.82, 2.24) is 10.3 Å². The van der Waals surface area contributed by atoms with Gasteiger partial charge in [-0.3, -0.25) is 4.98 Å². The molecule has 0 bridgehead atoms. The number of rotatable bonds is 5. The molecule has 3 rings (SSSR count). The molecule has 1 heterocycles. The van der Waals surface area contributed by atoms with E-state index in [-0.39, 0.29) is 0 Å². The third-order valence-corrected chi connectivity index (χ3v) is 4.68. The van der Waals surface area contributed by atoms with Crippen molar-refractivity contribution in [2.45, 2.75) is 44.1 Å². The number of hydrogen-bond donors (Lipinski definition) is 1. The highest BCUT2D eigenvalue weighted by Crippen LogP contribution is 2.33. The average molecular weight is 280 g/mol. The van der Waals surface area contributed by atoms with Crippen LogP contribution in [0.5, 0.6) is 0 Å². The minimum absolute atomic E-state index is 0.513. The second kappa shape index (κ2) is 6.86. The smallest absolute Gasteiger partial charge is 0.0481 e. The summed E-state index contributed by atoms with van der Waals surface area (Å²) in [6.07, 6.45) is 7.97. The van der Waals surface area contributed by atoms with Crippen LogP contribution < -0.4 is 5.32 Å². The van der Waals surface area contributed by atoms with Gasteiger partial charge < -0.3 is 5.32 Å². The van der Waals surface area contributed by atoms with Gasteiger partial charge in [-0.15, -0.1) is 0 Å². The first-order chi connectivity index (χ1) is 10.4. The zero-order valence-corrected chi connectivity index (χ0v) is 12.8. The van der Waals surface area contributed by atoms with Crippen LogP contribution in [0.4, 0.5) is 0 Å². The van der Waals surface area contributed by atoms with Gasteiger partial charge in [0.1, 0.15) is 0 Å². The first kappa shape index (κ1) is 14.3. The monoisotopic (exact) mass is 280 g/mol. The van der Waals surface area contributed by atoms with Gasteiger partial charge in [0.15, 0.2) is 0 Å². The molecule has 2 nitrogen and oxygen atoms in total. The predicted octanol–water partition coefficient (Wildman–Crippen LogP) is 3.72. The molecule has 0 spiro atoms. The molecular weight excluding hydrogens is 256 g/mol. The summed E-state index contributed by atoms with van der Waals surface area (Å²) in [5.41, 5.74) is 4.21. The fourth-order valence-electron chi connectivity index (χ4n) is 3.55. The molecule has 1 aliphatic rings. The van der Waals surface area contributed by atoms with Crippen LogP contribution in [0, 0.1) is 0 Å². The first-order valence-electron chi connectivity index (χ1n) is 8.03. The van der Waals surface area contributed by atoms with E-state index in [4.69, 9.17) is 0 Å². The molecule has 2 atom stereocenters. The number of benzene rings is 1. The third-order valence-electron chi connectivity index (χ3n) is 4.68. The van der Waals surface area contributed by atoms with E-state index < -0.39 is 0 Å². The van der Waals surface area contributed by atoms with Crippen molar-refractivity contribution in [1.29, 1.82) is 0 Å². The lowest BCUT2D eigenvalue weighted by Gasteiger charge is -2.31. The summed E-state index contributed by atoms with van der Waals surface area (Å²) in [6.45, 7) is 0. The van der Waals surface area contributed by atoms with Crippen molar-refractivity contribution in [2.75, 3.05) is 7.05 Å². The van der Waals surface area contributed by atoms with E-state index in [1.54, 1.807) is 0 Å². The van der Waals surface area contributed by atoms with E-state index in [2.05, 4.69) is 59.8 Å². The lowest BCUT2D eigenvalue weighted by molar-refractivity contribution is 0.386. The molecule has 21 heavy (non-hydrogen) atoms. The number of pyridine rings is 1. The van der Waals surface area contributed by atoms with Crippen molar-refractivity contribution in [3.63, 3.8) is 0 Å². The second-order valence-electron chi connectivity index (χ2n) is 5.97. The molecular formula is C19H24N2. The number of likely N-dealkylation sites (N-methyl/N-ethyl adjacent to an activating group) is 1. The number of nitrogens with one attached hydrogen (secondary N) is 1. The Bertz CT molecular complexity index is 565. The highest BCUT2D eigenvalue weighted by Gasteiger charge is 2.27. The van der Waals surface area contributed by atoms with Crippen LogP contribution in [0.15, 0.2) is 48.7 Å². The van der Waals surface area contributed by atoms with Crippen LogP contribution in [0.1, 0.15) is 42.0 Å². The minimum atomic E-state index is 0.513. The summed E-state index contributed by atoms with van der Waals surface area (Å²) in [5, 5.41) is 3.54. The van der Waals surface area contributed by atoms with Crippen LogP contribution in [-0.2, 0) is 12.8 Å². The topological polar surface area (TPSA) is 24.9 Å². The SMILES string of the molecule is CNC(CCc1ccccc1)C1CCCc2cccnc21. The molecule has 0 fully saturated rings. The molecule has 2 aromatic rings. The Morgan fingerprint density at radius 1 is 1.19 bits per heavy atom. The van der Waals surface area contributed by atoms with E-state index in [0.29, 0.717) is 12.0 Å². The third kappa shape index (κ3) is 3.33. The maximum absolute atomic E-state index is 4.68. The van der Waals surface area contributed by atoms with Gasteiger partial charge in [0, 0.05) is 23.9 Å². The summed E-state index contributed by atoms with van der Waals surface area (Å²) >= 11 is 0. The maximum Gasteiger partial charge on any atom is 0.0481 e. The molecule has 0 saturated heterocycles. The summed E-state index contributed by atoms with van der Waals surface area (Å²) in [4.78, 5) is 4.68. The highest BCUT2D eigenvalue weighted by atomic mass is 14.9. The molecule has 1 aromatic carbocycles. The Labute approximate surface area is 127 Å². The highest BCUT2D eigenvalue weighted by molar-refractivity contribution is 5.27. The summed E-state index contributed by atoms with van der Waals surface area (Å²) < 4.78 is 0. The fourth-order valence-corrected chi connectivity index (χ4v) is 3.55. The Morgan fingerprint density at radius 3 is 2.86 bits per heavy atom. The zero-order valence-electron chi connectivity index (χ0n) is 12.8. The molecule has 0 saturated carbocycles. The van der Waals surface area contributed by atoms with Crippen LogP contribution in [0.2, 0.25) is 0 Å². The maximum atomic E-state index is 4.68. The molecule has 0 aliphatic heterocycles. The summed E-state index contributed by atoms with van der Waals surface area (Å²) in [6, 6.07) is 15.6. The van der Waals surface area contributed by atoms with Crippen LogP contribution in [-0.4, -0.2) is 18.1 Å². The fraction of sp³-hybridized carbons (Fsp3) is 0.421. The van der Waals surface area contributed by atoms with Crippen molar-refractivity contribution in [3.8, 4) is 0 Å². The standard InChI is InChI=1S/C19H24N2/c1-20-18(13-12-15-7-3-2-4-8-15)17-11-5-9-16-10-6-14-21-19(16)17/h2-4,6-8,10,14,17-18,20H,5,9,11-13H2,1H3. The van der Waals surface area contributed by atoms with E-state index >= 15 is 0 Å². The molecule has 2 heteroatoms. The molecule has 1 aliphatic carbocycles. The van der Waals surface area contributed by atoms with Crippen LogP contribution in [0.25, 0.3) is 0 Å². The van der Waals surface area contributed by atoms with Gasteiger partial charge >= 0.3 is 0 Å². The zero-order chi connectivity index (χ0) is 14.5. The van der Waals surface area contributed by atoms with Crippen LogP contribution in [0.3, 0.4) is 0 Å². The lowest BCUT2D eigenvalue weighted by Crippen LogP contribution is -2.35. The molecule has 1 aromatic heterocycles. The molecule has 0 radical (unpaired) electrons. The Balaban J connectivity index is 1.72. The van der Waals surface area contributed by atoms with E-state index in [1.807, 2.05) is 6.20 Å². The van der Waals surface area contributed by atoms with E-state index in [1.165, 1.54) is 42.5 Å². The van der Waals surface area contributed by atoms with Gasteiger partial charge in [0.05, 0.1) is 0 Å².